The van der Waals surface area contributed by atoms with Crippen LogP contribution in [0.1, 0.15) is 5.56 Å². The van der Waals surface area contributed by atoms with Crippen LogP contribution in [-0.4, -0.2) is 21.4 Å². The first-order valence-corrected chi connectivity index (χ1v) is 7.09. The maximum atomic E-state index is 8.75. The van der Waals surface area contributed by atoms with Crippen molar-refractivity contribution in [3.8, 4) is 6.07 Å². The first kappa shape index (κ1) is 11.4. The van der Waals surface area contributed by atoms with E-state index >= 15 is 0 Å². The van der Waals surface area contributed by atoms with Crippen LogP contribution in [0.3, 0.4) is 0 Å². The molecule has 0 aliphatic rings. The van der Waals surface area contributed by atoms with Gasteiger partial charge in [0.05, 0.1) is 11.6 Å². The van der Waals surface area contributed by atoms with Gasteiger partial charge in [0, 0.05) is 6.20 Å². The highest BCUT2D eigenvalue weighted by Crippen LogP contribution is 2.31. The summed E-state index contributed by atoms with van der Waals surface area (Å²) >= 11 is 4.51. The van der Waals surface area contributed by atoms with Crippen molar-refractivity contribution in [1.82, 2.24) is 15.2 Å². The molecule has 0 aromatic carbocycles. The van der Waals surface area contributed by atoms with Crippen LogP contribution in [0.25, 0.3) is 0 Å². The van der Waals surface area contributed by atoms with Gasteiger partial charge in [0.2, 0.25) is 0 Å². The van der Waals surface area contributed by atoms with Gasteiger partial charge in [-0.2, -0.15) is 5.26 Å². The summed E-state index contributed by atoms with van der Waals surface area (Å²) in [6, 6.07) is 5.50. The lowest BCUT2D eigenvalue weighted by molar-refractivity contribution is 0.953. The summed E-state index contributed by atoms with van der Waals surface area (Å²) in [5, 5.41) is 17.5. The van der Waals surface area contributed by atoms with Gasteiger partial charge in [-0.15, -0.1) is 10.2 Å². The summed E-state index contributed by atoms with van der Waals surface area (Å²) in [7, 11) is 0. The molecule has 16 heavy (non-hydrogen) atoms. The summed E-state index contributed by atoms with van der Waals surface area (Å²) in [5.41, 5.74) is 0.604. The molecule has 0 aliphatic carbocycles. The SMILES string of the molecule is CSc1nnc(Sc2cc(C#N)ccn2)s1. The highest BCUT2D eigenvalue weighted by atomic mass is 32.2. The molecule has 0 bridgehead atoms. The van der Waals surface area contributed by atoms with Crippen molar-refractivity contribution in [3.05, 3.63) is 23.9 Å². The molecule has 0 N–H and O–H groups in total. The van der Waals surface area contributed by atoms with E-state index in [1.54, 1.807) is 30.1 Å². The van der Waals surface area contributed by atoms with Crippen molar-refractivity contribution < 1.29 is 0 Å². The molecule has 4 nitrogen and oxygen atoms in total. The predicted octanol–water partition coefficient (Wildman–Crippen LogP) is 2.68. The number of hydrogen-bond donors (Lipinski definition) is 0. The van der Waals surface area contributed by atoms with Crippen LogP contribution < -0.4 is 0 Å². The molecule has 0 unspecified atom stereocenters. The Bertz CT molecular complexity index is 532. The standard InChI is InChI=1S/C9H6N4S3/c1-14-8-12-13-9(16-8)15-7-4-6(5-10)2-3-11-7/h2-4H,1H3. The third-order valence-corrected chi connectivity index (χ3v) is 4.50. The fourth-order valence-corrected chi connectivity index (χ4v) is 3.33. The zero-order valence-electron chi connectivity index (χ0n) is 8.25. The molecule has 2 rings (SSSR count). The Morgan fingerprint density at radius 1 is 1.38 bits per heavy atom. The molecule has 2 heterocycles. The Balaban J connectivity index is 2.17. The highest BCUT2D eigenvalue weighted by Gasteiger charge is 2.06. The van der Waals surface area contributed by atoms with E-state index in [1.165, 1.54) is 23.1 Å². The van der Waals surface area contributed by atoms with Crippen molar-refractivity contribution in [1.29, 1.82) is 5.26 Å². The average molecular weight is 266 g/mol. The van der Waals surface area contributed by atoms with Gasteiger partial charge in [-0.25, -0.2) is 4.98 Å². The molecule has 0 saturated carbocycles. The minimum Gasteiger partial charge on any atom is -0.249 e. The van der Waals surface area contributed by atoms with E-state index < -0.39 is 0 Å². The summed E-state index contributed by atoms with van der Waals surface area (Å²) in [6.07, 6.45) is 3.58. The molecule has 80 valence electrons. The summed E-state index contributed by atoms with van der Waals surface area (Å²) in [5.74, 6) is 0. The van der Waals surface area contributed by atoms with Gasteiger partial charge in [0.25, 0.3) is 0 Å². The first-order chi connectivity index (χ1) is 7.81. The van der Waals surface area contributed by atoms with E-state index in [0.717, 1.165) is 13.7 Å². The predicted molar refractivity (Wildman–Crippen MR) is 64.8 cm³/mol. The second kappa shape index (κ2) is 5.30. The monoisotopic (exact) mass is 266 g/mol. The first-order valence-electron chi connectivity index (χ1n) is 4.23. The molecule has 0 amide bonds. The summed E-state index contributed by atoms with van der Waals surface area (Å²) in [4.78, 5) is 4.16. The normalized spacial score (nSPS) is 10.0. The van der Waals surface area contributed by atoms with Crippen molar-refractivity contribution >= 4 is 34.9 Å². The lowest BCUT2D eigenvalue weighted by atomic mass is 10.3. The van der Waals surface area contributed by atoms with Gasteiger partial charge in [-0.3, -0.25) is 0 Å². The molecule has 0 aliphatic heterocycles. The van der Waals surface area contributed by atoms with E-state index in [2.05, 4.69) is 21.3 Å². The maximum Gasteiger partial charge on any atom is 0.181 e. The summed E-state index contributed by atoms with van der Waals surface area (Å²) < 4.78 is 1.77. The van der Waals surface area contributed by atoms with Gasteiger partial charge < -0.3 is 0 Å². The van der Waals surface area contributed by atoms with Gasteiger partial charge in [-0.1, -0.05) is 23.1 Å². The fraction of sp³-hybridized carbons (Fsp3) is 0.111. The number of nitrogens with zero attached hydrogens (tertiary/aromatic N) is 4. The number of hydrogen-bond acceptors (Lipinski definition) is 7. The number of rotatable bonds is 3. The molecule has 7 heteroatoms. The molecule has 0 radical (unpaired) electrons. The van der Waals surface area contributed by atoms with Crippen molar-refractivity contribution in [2.45, 2.75) is 13.7 Å². The number of nitriles is 1. The lowest BCUT2D eigenvalue weighted by Gasteiger charge is -1.95. The molecule has 0 fully saturated rings. The zero-order valence-corrected chi connectivity index (χ0v) is 10.7. The molecular weight excluding hydrogens is 260 g/mol. The topological polar surface area (TPSA) is 62.5 Å². The van der Waals surface area contributed by atoms with Crippen LogP contribution in [0.4, 0.5) is 0 Å². The Labute approximate surface area is 105 Å². The Morgan fingerprint density at radius 2 is 2.19 bits per heavy atom. The highest BCUT2D eigenvalue weighted by molar-refractivity contribution is 8.02. The van der Waals surface area contributed by atoms with Crippen LogP contribution in [-0.2, 0) is 0 Å². The van der Waals surface area contributed by atoms with Gasteiger partial charge >= 0.3 is 0 Å². The van der Waals surface area contributed by atoms with Crippen molar-refractivity contribution in [2.75, 3.05) is 6.26 Å². The van der Waals surface area contributed by atoms with Gasteiger partial charge in [0.15, 0.2) is 8.68 Å². The van der Waals surface area contributed by atoms with Crippen LogP contribution in [0.5, 0.6) is 0 Å². The Kier molecular flexibility index (Phi) is 3.77. The maximum absolute atomic E-state index is 8.75. The molecule has 0 atom stereocenters. The lowest BCUT2D eigenvalue weighted by Crippen LogP contribution is -1.81. The quantitative estimate of drug-likeness (QED) is 0.796. The summed E-state index contributed by atoms with van der Waals surface area (Å²) in [6.45, 7) is 0. The van der Waals surface area contributed by atoms with Crippen LogP contribution in [0, 0.1) is 11.3 Å². The van der Waals surface area contributed by atoms with E-state index in [-0.39, 0.29) is 0 Å². The second-order valence-electron chi connectivity index (χ2n) is 2.63. The zero-order chi connectivity index (χ0) is 11.4. The largest absolute Gasteiger partial charge is 0.249 e. The minimum absolute atomic E-state index is 0.604. The smallest absolute Gasteiger partial charge is 0.181 e. The number of pyridine rings is 1. The van der Waals surface area contributed by atoms with Crippen LogP contribution in [0.2, 0.25) is 0 Å². The van der Waals surface area contributed by atoms with E-state index in [9.17, 15) is 0 Å². The number of thioether (sulfide) groups is 1. The molecule has 0 saturated heterocycles. The molecule has 2 aromatic rings. The van der Waals surface area contributed by atoms with Crippen molar-refractivity contribution in [3.63, 3.8) is 0 Å². The van der Waals surface area contributed by atoms with Gasteiger partial charge in [0.1, 0.15) is 5.03 Å². The third kappa shape index (κ3) is 2.72. The van der Waals surface area contributed by atoms with Crippen LogP contribution >= 0.6 is 34.9 Å². The fourth-order valence-electron chi connectivity index (χ4n) is 0.945. The number of aromatic nitrogens is 3. The third-order valence-electron chi connectivity index (χ3n) is 1.62. The van der Waals surface area contributed by atoms with Gasteiger partial charge in [-0.05, 0) is 30.2 Å². The average Bonchev–Trinajstić information content (AvgIpc) is 2.77. The van der Waals surface area contributed by atoms with Crippen molar-refractivity contribution in [2.24, 2.45) is 0 Å². The van der Waals surface area contributed by atoms with Crippen LogP contribution in [0.15, 0.2) is 32.0 Å². The molecule has 2 aromatic heterocycles. The van der Waals surface area contributed by atoms with E-state index in [1.807, 2.05) is 6.26 Å². The Morgan fingerprint density at radius 3 is 2.88 bits per heavy atom. The molecule has 0 spiro atoms. The van der Waals surface area contributed by atoms with E-state index in [4.69, 9.17) is 5.26 Å². The van der Waals surface area contributed by atoms with E-state index in [0.29, 0.717) is 5.56 Å². The Hall–Kier alpha value is -1.10. The molecular formula is C9H6N4S3. The minimum atomic E-state index is 0.604. The second-order valence-corrected chi connectivity index (χ2v) is 5.93.